The van der Waals surface area contributed by atoms with Crippen molar-refractivity contribution >= 4 is 29.7 Å². The number of ether oxygens (including phenoxy) is 1. The Labute approximate surface area is 150 Å². The third-order valence-corrected chi connectivity index (χ3v) is 5.29. The maximum atomic E-state index is 12.3. The summed E-state index contributed by atoms with van der Waals surface area (Å²) in [6, 6.07) is -0.915. The minimum Gasteiger partial charge on any atom is -0.465 e. The van der Waals surface area contributed by atoms with Gasteiger partial charge in [-0.2, -0.15) is 0 Å². The number of aromatic nitrogens is 2. The number of thioether (sulfide) groups is 1. The molecule has 0 aliphatic heterocycles. The van der Waals surface area contributed by atoms with E-state index in [4.69, 9.17) is 10.5 Å². The molecular formula is C16H22N4O4S. The summed E-state index contributed by atoms with van der Waals surface area (Å²) >= 11 is 1.12. The minimum atomic E-state index is -0.915. The van der Waals surface area contributed by atoms with Crippen molar-refractivity contribution in [1.82, 2.24) is 15.3 Å². The van der Waals surface area contributed by atoms with Gasteiger partial charge >= 0.3 is 12.0 Å². The largest absolute Gasteiger partial charge is 0.465 e. The molecule has 25 heavy (non-hydrogen) atoms. The first-order valence-electron chi connectivity index (χ1n) is 7.98. The van der Waals surface area contributed by atoms with E-state index in [2.05, 4.69) is 15.3 Å². The Bertz CT molecular complexity index is 704. The van der Waals surface area contributed by atoms with Crippen molar-refractivity contribution < 1.29 is 19.1 Å². The zero-order valence-electron chi connectivity index (χ0n) is 14.7. The number of aryl methyl sites for hydroxylation is 1. The van der Waals surface area contributed by atoms with Gasteiger partial charge in [-0.1, -0.05) is 25.6 Å². The van der Waals surface area contributed by atoms with Crippen LogP contribution in [0.4, 0.5) is 4.79 Å². The maximum absolute atomic E-state index is 12.3. The van der Waals surface area contributed by atoms with Gasteiger partial charge in [0.25, 0.3) is 0 Å². The zero-order valence-corrected chi connectivity index (χ0v) is 15.5. The molecule has 1 saturated carbocycles. The van der Waals surface area contributed by atoms with Gasteiger partial charge in [0.15, 0.2) is 0 Å². The molecular weight excluding hydrogens is 344 g/mol. The molecule has 1 aliphatic rings. The van der Waals surface area contributed by atoms with E-state index in [9.17, 15) is 14.4 Å². The number of urea groups is 1. The van der Waals surface area contributed by atoms with Crippen molar-refractivity contribution in [3.05, 3.63) is 17.1 Å². The van der Waals surface area contributed by atoms with Crippen LogP contribution in [0.25, 0.3) is 0 Å². The molecule has 1 unspecified atom stereocenters. The highest BCUT2D eigenvalue weighted by molar-refractivity contribution is 8.00. The number of nitrogens with zero attached hydrogens (tertiary/aromatic N) is 2. The van der Waals surface area contributed by atoms with E-state index in [1.54, 1.807) is 6.92 Å². The van der Waals surface area contributed by atoms with Gasteiger partial charge < -0.3 is 10.5 Å². The summed E-state index contributed by atoms with van der Waals surface area (Å²) in [5.41, 5.74) is 5.80. The minimum absolute atomic E-state index is 0.116. The van der Waals surface area contributed by atoms with E-state index < -0.39 is 23.2 Å². The molecule has 1 aliphatic carbocycles. The molecule has 9 heteroatoms. The van der Waals surface area contributed by atoms with E-state index in [0.717, 1.165) is 24.6 Å². The summed E-state index contributed by atoms with van der Waals surface area (Å²) in [6.07, 6.45) is 2.02. The number of carbonyl (C=O) groups excluding carboxylic acids is 3. The Morgan fingerprint density at radius 2 is 1.92 bits per heavy atom. The topological polar surface area (TPSA) is 124 Å². The molecule has 0 spiro atoms. The van der Waals surface area contributed by atoms with Crippen molar-refractivity contribution in [3.8, 4) is 0 Å². The fourth-order valence-electron chi connectivity index (χ4n) is 2.32. The van der Waals surface area contributed by atoms with Gasteiger partial charge in [-0.3, -0.25) is 10.1 Å². The van der Waals surface area contributed by atoms with Gasteiger partial charge in [0.05, 0.1) is 18.1 Å². The number of nitrogens with one attached hydrogen (secondary N) is 1. The molecule has 1 aromatic rings. The van der Waals surface area contributed by atoms with E-state index in [1.807, 2.05) is 13.8 Å². The molecule has 3 N–H and O–H groups in total. The van der Waals surface area contributed by atoms with Gasteiger partial charge in [-0.15, -0.1) is 0 Å². The highest BCUT2D eigenvalue weighted by Crippen LogP contribution is 2.40. The van der Waals surface area contributed by atoms with E-state index >= 15 is 0 Å². The first-order chi connectivity index (χ1) is 11.7. The van der Waals surface area contributed by atoms with Crippen molar-refractivity contribution in [2.75, 3.05) is 7.11 Å². The zero-order chi connectivity index (χ0) is 18.7. The molecule has 3 amide bonds. The van der Waals surface area contributed by atoms with E-state index in [1.165, 1.54) is 7.11 Å². The molecule has 1 atom stereocenters. The molecule has 0 aromatic carbocycles. The van der Waals surface area contributed by atoms with E-state index in [0.29, 0.717) is 22.5 Å². The third kappa shape index (κ3) is 4.68. The fraction of sp³-hybridized carbons (Fsp3) is 0.562. The molecule has 0 bridgehead atoms. The second-order valence-electron chi connectivity index (χ2n) is 6.25. The van der Waals surface area contributed by atoms with Crippen molar-refractivity contribution in [2.24, 2.45) is 11.7 Å². The summed E-state index contributed by atoms with van der Waals surface area (Å²) < 4.78 is 4.83. The van der Waals surface area contributed by atoms with Crippen LogP contribution in [0.15, 0.2) is 5.03 Å². The summed E-state index contributed by atoms with van der Waals surface area (Å²) in [7, 11) is 1.28. The molecule has 8 nitrogen and oxygen atoms in total. The van der Waals surface area contributed by atoms with Crippen molar-refractivity contribution in [1.29, 1.82) is 0 Å². The van der Waals surface area contributed by atoms with Crippen LogP contribution >= 0.6 is 11.8 Å². The number of primary amides is 1. The second-order valence-corrected chi connectivity index (χ2v) is 7.38. The third-order valence-electron chi connectivity index (χ3n) is 3.75. The van der Waals surface area contributed by atoms with Crippen LogP contribution in [-0.4, -0.2) is 40.2 Å². The van der Waals surface area contributed by atoms with Crippen molar-refractivity contribution in [2.45, 2.75) is 49.8 Å². The predicted octanol–water partition coefficient (Wildman–Crippen LogP) is 1.76. The highest BCUT2D eigenvalue weighted by atomic mass is 32.2. The lowest BCUT2D eigenvalue weighted by molar-refractivity contribution is -0.120. The Morgan fingerprint density at radius 1 is 1.28 bits per heavy atom. The lowest BCUT2D eigenvalue weighted by Crippen LogP contribution is -2.42. The standard InChI is InChI=1S/C16H22N4O4S/c1-7(2)11(13(21)20-16(17)23)25-14-10(15(22)24-4)8(3)18-12(19-14)9-5-6-9/h7,9,11H,5-6H2,1-4H3,(H3,17,20,21,23). The average molecular weight is 366 g/mol. The van der Waals surface area contributed by atoms with Gasteiger partial charge in [0.1, 0.15) is 16.4 Å². The number of carbonyl (C=O) groups is 3. The van der Waals surface area contributed by atoms with Crippen LogP contribution in [-0.2, 0) is 9.53 Å². The van der Waals surface area contributed by atoms with Crippen LogP contribution in [0.3, 0.4) is 0 Å². The Balaban J connectivity index is 2.41. The number of imide groups is 1. The maximum Gasteiger partial charge on any atom is 0.342 e. The summed E-state index contributed by atoms with van der Waals surface area (Å²) in [4.78, 5) is 44.3. The molecule has 1 heterocycles. The van der Waals surface area contributed by atoms with Crippen LogP contribution in [0.2, 0.25) is 0 Å². The second kappa shape index (κ2) is 7.81. The monoisotopic (exact) mass is 366 g/mol. The Morgan fingerprint density at radius 3 is 2.40 bits per heavy atom. The lowest BCUT2D eigenvalue weighted by atomic mass is 10.1. The smallest absolute Gasteiger partial charge is 0.342 e. The fourth-order valence-corrected chi connectivity index (χ4v) is 3.49. The first-order valence-corrected chi connectivity index (χ1v) is 8.86. The van der Waals surface area contributed by atoms with Crippen LogP contribution in [0.1, 0.15) is 54.5 Å². The number of amides is 3. The van der Waals surface area contributed by atoms with Crippen LogP contribution < -0.4 is 11.1 Å². The normalized spacial score (nSPS) is 14.9. The number of nitrogens with two attached hydrogens (primary N) is 1. The number of hydrogen-bond donors (Lipinski definition) is 2. The van der Waals surface area contributed by atoms with Gasteiger partial charge in [0.2, 0.25) is 5.91 Å². The number of esters is 1. The highest BCUT2D eigenvalue weighted by Gasteiger charge is 2.32. The van der Waals surface area contributed by atoms with Gasteiger partial charge in [-0.05, 0) is 25.7 Å². The molecule has 1 aromatic heterocycles. The number of rotatable bonds is 6. The average Bonchev–Trinajstić information content (AvgIpc) is 3.35. The van der Waals surface area contributed by atoms with Gasteiger partial charge in [-0.25, -0.2) is 19.6 Å². The van der Waals surface area contributed by atoms with Gasteiger partial charge in [0, 0.05) is 5.92 Å². The Kier molecular flexibility index (Phi) is 5.99. The molecule has 136 valence electrons. The molecule has 0 radical (unpaired) electrons. The molecule has 2 rings (SSSR count). The SMILES string of the molecule is COC(=O)c1c(C)nc(C2CC2)nc1SC(C(=O)NC(N)=O)C(C)C. The predicted molar refractivity (Wildman–Crippen MR) is 92.3 cm³/mol. The number of hydrogen-bond acceptors (Lipinski definition) is 7. The molecule has 1 fully saturated rings. The summed E-state index contributed by atoms with van der Waals surface area (Å²) in [5, 5.41) is 1.84. The quantitative estimate of drug-likeness (QED) is 0.446. The van der Waals surface area contributed by atoms with E-state index in [-0.39, 0.29) is 11.5 Å². The number of methoxy groups -OCH3 is 1. The van der Waals surface area contributed by atoms with Crippen LogP contribution in [0, 0.1) is 12.8 Å². The summed E-state index contributed by atoms with van der Waals surface area (Å²) in [6.45, 7) is 5.40. The lowest BCUT2D eigenvalue weighted by Gasteiger charge is -2.20. The van der Waals surface area contributed by atoms with Crippen molar-refractivity contribution in [3.63, 3.8) is 0 Å². The first kappa shape index (κ1) is 19.2. The Hall–Kier alpha value is -2.16. The van der Waals surface area contributed by atoms with Crippen LogP contribution in [0.5, 0.6) is 0 Å². The molecule has 0 saturated heterocycles. The summed E-state index contributed by atoms with van der Waals surface area (Å²) in [5.74, 6) is -0.227.